The Hall–Kier alpha value is -1.14. The van der Waals surface area contributed by atoms with Crippen molar-refractivity contribution in [2.75, 3.05) is 12.3 Å². The molecule has 2 fully saturated rings. The summed E-state index contributed by atoms with van der Waals surface area (Å²) in [6.45, 7) is 0.537. The lowest BCUT2D eigenvalue weighted by Gasteiger charge is -2.28. The van der Waals surface area contributed by atoms with Crippen molar-refractivity contribution in [1.82, 2.24) is 4.31 Å². The van der Waals surface area contributed by atoms with Gasteiger partial charge in [-0.2, -0.15) is 4.31 Å². The van der Waals surface area contributed by atoms with E-state index in [1.165, 1.54) is 25.0 Å². The molecule has 0 radical (unpaired) electrons. The molecule has 2 N–H and O–H groups in total. The predicted octanol–water partition coefficient (Wildman–Crippen LogP) is 2.75. The lowest BCUT2D eigenvalue weighted by atomic mass is 9.97. The summed E-state index contributed by atoms with van der Waals surface area (Å²) in [5, 5.41) is 0. The van der Waals surface area contributed by atoms with Crippen LogP contribution in [-0.2, 0) is 10.0 Å². The molecule has 21 heavy (non-hydrogen) atoms. The van der Waals surface area contributed by atoms with E-state index in [1.807, 2.05) is 0 Å². The average molecular weight is 312 g/mol. The van der Waals surface area contributed by atoms with Gasteiger partial charge >= 0.3 is 0 Å². The summed E-state index contributed by atoms with van der Waals surface area (Å²) in [5.74, 6) is -0.214. The van der Waals surface area contributed by atoms with Crippen LogP contribution in [0.4, 0.5) is 10.1 Å². The molecule has 0 aromatic heterocycles. The highest BCUT2D eigenvalue weighted by Crippen LogP contribution is 2.38. The topological polar surface area (TPSA) is 63.4 Å². The smallest absolute Gasteiger partial charge is 0.243 e. The molecule has 0 spiro atoms. The molecular formula is C15H21FN2O2S. The highest BCUT2D eigenvalue weighted by atomic mass is 32.2. The number of rotatable bonds is 3. The number of nitrogens with zero attached hydrogens (tertiary/aromatic N) is 1. The molecule has 1 aromatic carbocycles. The molecule has 3 rings (SSSR count). The molecule has 0 amide bonds. The van der Waals surface area contributed by atoms with Crippen molar-refractivity contribution in [1.29, 1.82) is 0 Å². The van der Waals surface area contributed by atoms with Gasteiger partial charge in [-0.15, -0.1) is 0 Å². The molecule has 2 aliphatic rings. The summed E-state index contributed by atoms with van der Waals surface area (Å²) in [5.41, 5.74) is 5.40. The molecule has 4 nitrogen and oxygen atoms in total. The standard InChI is InChI=1S/C15H21FN2O2S/c16-13-10-12(7-8-14(13)17)21(19,20)18-9-3-6-15(18)11-4-1-2-5-11/h7-8,10-11,15H,1-6,9,17H2. The highest BCUT2D eigenvalue weighted by Gasteiger charge is 2.40. The summed E-state index contributed by atoms with van der Waals surface area (Å²) in [4.78, 5) is 0.0131. The lowest BCUT2D eigenvalue weighted by Crippen LogP contribution is -2.39. The van der Waals surface area contributed by atoms with E-state index in [1.54, 1.807) is 4.31 Å². The van der Waals surface area contributed by atoms with Gasteiger partial charge in [0, 0.05) is 12.6 Å². The van der Waals surface area contributed by atoms with Gasteiger partial charge in [0.15, 0.2) is 0 Å². The monoisotopic (exact) mass is 312 g/mol. The van der Waals surface area contributed by atoms with Gasteiger partial charge in [0.1, 0.15) is 5.82 Å². The molecule has 1 saturated carbocycles. The third-order valence-corrected chi connectivity index (χ3v) is 6.69. The van der Waals surface area contributed by atoms with Gasteiger partial charge in [0.05, 0.1) is 10.6 Å². The zero-order chi connectivity index (χ0) is 15.0. The van der Waals surface area contributed by atoms with Crippen molar-refractivity contribution in [2.45, 2.75) is 49.5 Å². The van der Waals surface area contributed by atoms with E-state index in [9.17, 15) is 12.8 Å². The quantitative estimate of drug-likeness (QED) is 0.873. The van der Waals surface area contributed by atoms with Crippen molar-refractivity contribution in [2.24, 2.45) is 5.92 Å². The summed E-state index contributed by atoms with van der Waals surface area (Å²) in [6.07, 6.45) is 6.38. The van der Waals surface area contributed by atoms with Crippen LogP contribution in [0.3, 0.4) is 0 Å². The van der Waals surface area contributed by atoms with Gasteiger partial charge < -0.3 is 5.73 Å². The average Bonchev–Trinajstić information content (AvgIpc) is 3.11. The number of nitrogen functional groups attached to an aromatic ring is 1. The molecule has 0 bridgehead atoms. The number of sulfonamides is 1. The fraction of sp³-hybridized carbons (Fsp3) is 0.600. The number of anilines is 1. The van der Waals surface area contributed by atoms with E-state index in [2.05, 4.69) is 0 Å². The van der Waals surface area contributed by atoms with E-state index in [4.69, 9.17) is 5.73 Å². The first-order valence-corrected chi connectivity index (χ1v) is 9.01. The molecule has 1 atom stereocenters. The number of nitrogens with two attached hydrogens (primary N) is 1. The van der Waals surface area contributed by atoms with Crippen LogP contribution in [-0.4, -0.2) is 25.3 Å². The van der Waals surface area contributed by atoms with E-state index < -0.39 is 15.8 Å². The van der Waals surface area contributed by atoms with Crippen LogP contribution in [0, 0.1) is 11.7 Å². The van der Waals surface area contributed by atoms with Crippen molar-refractivity contribution in [3.05, 3.63) is 24.0 Å². The second-order valence-electron chi connectivity index (χ2n) is 6.05. The van der Waals surface area contributed by atoms with Gasteiger partial charge in [-0.05, 0) is 49.8 Å². The molecule has 6 heteroatoms. The minimum atomic E-state index is -3.63. The molecule has 1 saturated heterocycles. The normalized spacial score (nSPS) is 24.7. The Morgan fingerprint density at radius 3 is 2.52 bits per heavy atom. The summed E-state index contributed by atoms with van der Waals surface area (Å²) in [7, 11) is -3.63. The van der Waals surface area contributed by atoms with Crippen molar-refractivity contribution in [3.63, 3.8) is 0 Å². The van der Waals surface area contributed by atoms with Crippen LogP contribution in [0.1, 0.15) is 38.5 Å². The summed E-state index contributed by atoms with van der Waals surface area (Å²) in [6, 6.07) is 3.84. The zero-order valence-electron chi connectivity index (χ0n) is 12.0. The number of benzene rings is 1. The Kier molecular flexibility index (Phi) is 3.92. The molecule has 1 aliphatic carbocycles. The van der Waals surface area contributed by atoms with Crippen LogP contribution in [0.5, 0.6) is 0 Å². The Morgan fingerprint density at radius 1 is 1.14 bits per heavy atom. The molecule has 1 heterocycles. The second-order valence-corrected chi connectivity index (χ2v) is 7.94. The van der Waals surface area contributed by atoms with Crippen LogP contribution >= 0.6 is 0 Å². The number of hydrogen-bond acceptors (Lipinski definition) is 3. The maximum Gasteiger partial charge on any atom is 0.243 e. The maximum absolute atomic E-state index is 13.6. The number of hydrogen-bond donors (Lipinski definition) is 1. The molecule has 1 aromatic rings. The molecule has 1 unspecified atom stereocenters. The summed E-state index contributed by atoms with van der Waals surface area (Å²) >= 11 is 0. The fourth-order valence-electron chi connectivity index (χ4n) is 3.68. The first-order chi connectivity index (χ1) is 10.00. The van der Waals surface area contributed by atoms with Crippen molar-refractivity contribution in [3.8, 4) is 0 Å². The van der Waals surface area contributed by atoms with Gasteiger partial charge in [0.2, 0.25) is 10.0 Å². The Balaban J connectivity index is 1.91. The molecular weight excluding hydrogens is 291 g/mol. The van der Waals surface area contributed by atoms with Gasteiger partial charge in [-0.3, -0.25) is 0 Å². The zero-order valence-corrected chi connectivity index (χ0v) is 12.8. The van der Waals surface area contributed by atoms with Crippen LogP contribution in [0.15, 0.2) is 23.1 Å². The van der Waals surface area contributed by atoms with Gasteiger partial charge in [0.25, 0.3) is 0 Å². The number of halogens is 1. The maximum atomic E-state index is 13.6. The van der Waals surface area contributed by atoms with E-state index in [-0.39, 0.29) is 16.6 Å². The van der Waals surface area contributed by atoms with Crippen LogP contribution in [0.25, 0.3) is 0 Å². The van der Waals surface area contributed by atoms with E-state index >= 15 is 0 Å². The van der Waals surface area contributed by atoms with Crippen molar-refractivity contribution < 1.29 is 12.8 Å². The van der Waals surface area contributed by atoms with E-state index in [0.29, 0.717) is 12.5 Å². The minimum absolute atomic E-state index is 0.0131. The Bertz CT molecular complexity index is 627. The third-order valence-electron chi connectivity index (χ3n) is 4.77. The minimum Gasteiger partial charge on any atom is -0.396 e. The molecule has 116 valence electrons. The second kappa shape index (κ2) is 5.57. The van der Waals surface area contributed by atoms with Gasteiger partial charge in [-0.1, -0.05) is 12.8 Å². The van der Waals surface area contributed by atoms with Crippen LogP contribution < -0.4 is 5.73 Å². The first-order valence-electron chi connectivity index (χ1n) is 7.57. The SMILES string of the molecule is Nc1ccc(S(=O)(=O)N2CCCC2C2CCCC2)cc1F. The highest BCUT2D eigenvalue weighted by molar-refractivity contribution is 7.89. The van der Waals surface area contributed by atoms with E-state index in [0.717, 1.165) is 31.7 Å². The van der Waals surface area contributed by atoms with Crippen LogP contribution in [0.2, 0.25) is 0 Å². The predicted molar refractivity (Wildman–Crippen MR) is 79.7 cm³/mol. The van der Waals surface area contributed by atoms with Crippen molar-refractivity contribution >= 4 is 15.7 Å². The largest absolute Gasteiger partial charge is 0.396 e. The first kappa shape index (κ1) is 14.8. The lowest BCUT2D eigenvalue weighted by molar-refractivity contribution is 0.288. The third kappa shape index (κ3) is 2.66. The fourth-order valence-corrected chi connectivity index (χ4v) is 5.45. The van der Waals surface area contributed by atoms with Gasteiger partial charge in [-0.25, -0.2) is 12.8 Å². The molecule has 1 aliphatic heterocycles. The summed E-state index contributed by atoms with van der Waals surface area (Å²) < 4.78 is 40.7. The Morgan fingerprint density at radius 2 is 1.86 bits per heavy atom. The Labute approximate surface area is 125 Å².